The highest BCUT2D eigenvalue weighted by molar-refractivity contribution is 7.99. The van der Waals surface area contributed by atoms with Crippen LogP contribution in [0.4, 0.5) is 0 Å². The Hall–Kier alpha value is -2.53. The third-order valence-electron chi connectivity index (χ3n) is 4.38. The molecule has 3 aromatic rings. The van der Waals surface area contributed by atoms with Gasteiger partial charge in [-0.3, -0.25) is 4.79 Å². The van der Waals surface area contributed by atoms with Crippen LogP contribution in [0, 0.1) is 6.92 Å². The van der Waals surface area contributed by atoms with E-state index >= 15 is 0 Å². The summed E-state index contributed by atoms with van der Waals surface area (Å²) in [6, 6.07) is 18.0. The van der Waals surface area contributed by atoms with E-state index < -0.39 is 0 Å². The van der Waals surface area contributed by atoms with E-state index in [0.717, 1.165) is 18.0 Å². The van der Waals surface area contributed by atoms with Gasteiger partial charge in [-0.15, -0.1) is 11.8 Å². The summed E-state index contributed by atoms with van der Waals surface area (Å²) in [5, 5.41) is 4.33. The maximum absolute atomic E-state index is 13.1. The van der Waals surface area contributed by atoms with E-state index in [1.165, 1.54) is 11.1 Å². The first-order chi connectivity index (χ1) is 12.2. The highest BCUT2D eigenvalue weighted by atomic mass is 32.2. The van der Waals surface area contributed by atoms with Gasteiger partial charge in [0.1, 0.15) is 5.37 Å². The molecule has 4 nitrogen and oxygen atoms in total. The molecule has 5 heteroatoms. The fourth-order valence-electron chi connectivity index (χ4n) is 3.05. The minimum atomic E-state index is 0.0737. The quantitative estimate of drug-likeness (QED) is 0.715. The Labute approximate surface area is 151 Å². The number of rotatable bonds is 3. The van der Waals surface area contributed by atoms with Crippen molar-refractivity contribution in [2.75, 3.05) is 12.3 Å². The van der Waals surface area contributed by atoms with Crippen molar-refractivity contribution >= 4 is 17.7 Å². The zero-order valence-corrected chi connectivity index (χ0v) is 14.8. The minimum absolute atomic E-state index is 0.0737. The van der Waals surface area contributed by atoms with Crippen LogP contribution < -0.4 is 0 Å². The molecular formula is C20H19N3OS. The third-order valence-corrected chi connectivity index (χ3v) is 5.64. The second-order valence-corrected chi connectivity index (χ2v) is 7.32. The lowest BCUT2D eigenvalue weighted by Crippen LogP contribution is -2.30. The fraction of sp³-hybridized carbons (Fsp3) is 0.200. The van der Waals surface area contributed by atoms with Crippen LogP contribution in [0.15, 0.2) is 67.0 Å². The Bertz CT molecular complexity index is 874. The lowest BCUT2D eigenvalue weighted by atomic mass is 10.1. The Kier molecular flexibility index (Phi) is 4.32. The molecule has 0 radical (unpaired) electrons. The molecule has 1 atom stereocenters. The lowest BCUT2D eigenvalue weighted by molar-refractivity contribution is 0.0760. The predicted molar refractivity (Wildman–Crippen MR) is 101 cm³/mol. The van der Waals surface area contributed by atoms with Crippen LogP contribution >= 0.6 is 11.8 Å². The number of aromatic nitrogens is 2. The van der Waals surface area contributed by atoms with Crippen molar-refractivity contribution in [3.05, 3.63) is 83.7 Å². The van der Waals surface area contributed by atoms with Crippen LogP contribution in [-0.2, 0) is 0 Å². The summed E-state index contributed by atoms with van der Waals surface area (Å²) >= 11 is 1.82. The molecule has 1 amide bonds. The van der Waals surface area contributed by atoms with Gasteiger partial charge in [0.15, 0.2) is 0 Å². The third kappa shape index (κ3) is 3.20. The van der Waals surface area contributed by atoms with E-state index in [9.17, 15) is 4.79 Å². The largest absolute Gasteiger partial charge is 0.322 e. The molecule has 1 aromatic heterocycles. The van der Waals surface area contributed by atoms with E-state index in [-0.39, 0.29) is 11.3 Å². The molecule has 0 aliphatic carbocycles. The molecule has 0 N–H and O–H groups in total. The number of nitrogens with zero attached hydrogens (tertiary/aromatic N) is 3. The zero-order chi connectivity index (χ0) is 17.2. The summed E-state index contributed by atoms with van der Waals surface area (Å²) in [6.45, 7) is 2.85. The smallest absolute Gasteiger partial charge is 0.255 e. The van der Waals surface area contributed by atoms with Gasteiger partial charge in [-0.25, -0.2) is 4.68 Å². The molecule has 1 unspecified atom stereocenters. The number of aryl methyl sites for hydroxylation is 1. The van der Waals surface area contributed by atoms with Crippen molar-refractivity contribution in [3.8, 4) is 5.69 Å². The predicted octanol–water partition coefficient (Wildman–Crippen LogP) is 4.07. The average molecular weight is 349 g/mol. The first-order valence-electron chi connectivity index (χ1n) is 8.31. The van der Waals surface area contributed by atoms with E-state index in [1.54, 1.807) is 10.9 Å². The van der Waals surface area contributed by atoms with E-state index in [4.69, 9.17) is 0 Å². The van der Waals surface area contributed by atoms with E-state index in [2.05, 4.69) is 36.3 Å². The van der Waals surface area contributed by atoms with Crippen LogP contribution in [-0.4, -0.2) is 32.9 Å². The summed E-state index contributed by atoms with van der Waals surface area (Å²) in [4.78, 5) is 15.1. The number of hydrogen-bond donors (Lipinski definition) is 0. The molecule has 2 aromatic carbocycles. The van der Waals surface area contributed by atoms with Crippen molar-refractivity contribution in [2.45, 2.75) is 12.3 Å². The van der Waals surface area contributed by atoms with Gasteiger partial charge < -0.3 is 4.90 Å². The van der Waals surface area contributed by atoms with Gasteiger partial charge in [0.25, 0.3) is 5.91 Å². The van der Waals surface area contributed by atoms with Gasteiger partial charge in [0.2, 0.25) is 0 Å². The van der Waals surface area contributed by atoms with Gasteiger partial charge >= 0.3 is 0 Å². The Morgan fingerprint density at radius 3 is 2.76 bits per heavy atom. The first kappa shape index (κ1) is 16.0. The molecule has 1 fully saturated rings. The van der Waals surface area contributed by atoms with Crippen molar-refractivity contribution in [3.63, 3.8) is 0 Å². The molecule has 0 bridgehead atoms. The van der Waals surface area contributed by atoms with Gasteiger partial charge in [-0.1, -0.05) is 35.9 Å². The number of hydrogen-bond acceptors (Lipinski definition) is 3. The summed E-state index contributed by atoms with van der Waals surface area (Å²) in [5.41, 5.74) is 4.02. The van der Waals surface area contributed by atoms with Crippen molar-refractivity contribution < 1.29 is 4.79 Å². The van der Waals surface area contributed by atoms with E-state index in [1.807, 2.05) is 53.2 Å². The zero-order valence-electron chi connectivity index (χ0n) is 14.0. The van der Waals surface area contributed by atoms with E-state index in [0.29, 0.717) is 5.56 Å². The Morgan fingerprint density at radius 2 is 2.00 bits per heavy atom. The fourth-order valence-corrected chi connectivity index (χ4v) is 4.31. The summed E-state index contributed by atoms with van der Waals surface area (Å²) in [6.07, 6.45) is 3.61. The van der Waals surface area contributed by atoms with Gasteiger partial charge in [-0.05, 0) is 36.8 Å². The number of amides is 1. The highest BCUT2D eigenvalue weighted by Crippen LogP contribution is 2.38. The number of carbonyl (C=O) groups excluding carboxylic acids is 1. The molecular weight excluding hydrogens is 330 g/mol. The monoisotopic (exact) mass is 349 g/mol. The summed E-state index contributed by atoms with van der Waals surface area (Å²) in [5.74, 6) is 1.04. The molecule has 1 saturated heterocycles. The topological polar surface area (TPSA) is 38.1 Å². The normalized spacial score (nSPS) is 17.0. The second-order valence-electron chi connectivity index (χ2n) is 6.13. The van der Waals surface area contributed by atoms with Gasteiger partial charge in [-0.2, -0.15) is 5.10 Å². The van der Waals surface area contributed by atoms with Crippen LogP contribution in [0.3, 0.4) is 0 Å². The molecule has 25 heavy (non-hydrogen) atoms. The van der Waals surface area contributed by atoms with Crippen molar-refractivity contribution in [1.29, 1.82) is 0 Å². The number of benzene rings is 2. The molecule has 2 heterocycles. The summed E-state index contributed by atoms with van der Waals surface area (Å²) in [7, 11) is 0. The lowest BCUT2D eigenvalue weighted by Gasteiger charge is -2.24. The van der Waals surface area contributed by atoms with Crippen LogP contribution in [0.1, 0.15) is 26.9 Å². The maximum Gasteiger partial charge on any atom is 0.255 e. The molecule has 1 aliphatic heterocycles. The summed E-state index contributed by atoms with van der Waals surface area (Å²) < 4.78 is 1.77. The SMILES string of the molecule is Cc1ccc(C2SCCN2C(=O)c2cccc(-n3cccn3)c2)cc1. The Morgan fingerprint density at radius 1 is 1.16 bits per heavy atom. The molecule has 0 spiro atoms. The Balaban J connectivity index is 1.61. The molecule has 126 valence electrons. The number of carbonyl (C=O) groups is 1. The minimum Gasteiger partial charge on any atom is -0.322 e. The van der Waals surface area contributed by atoms with Crippen LogP contribution in [0.25, 0.3) is 5.69 Å². The number of thioether (sulfide) groups is 1. The van der Waals surface area contributed by atoms with Crippen LogP contribution in [0.5, 0.6) is 0 Å². The standard InChI is InChI=1S/C20H19N3OS/c1-15-6-8-16(9-7-15)20-22(12-13-25-20)19(24)17-4-2-5-18(14-17)23-11-3-10-21-23/h2-11,14,20H,12-13H2,1H3. The maximum atomic E-state index is 13.1. The molecule has 0 saturated carbocycles. The first-order valence-corrected chi connectivity index (χ1v) is 9.36. The molecule has 4 rings (SSSR count). The van der Waals surface area contributed by atoms with Gasteiger partial charge in [0, 0.05) is 30.3 Å². The van der Waals surface area contributed by atoms with Gasteiger partial charge in [0.05, 0.1) is 5.69 Å². The second kappa shape index (κ2) is 6.76. The van der Waals surface area contributed by atoms with Crippen molar-refractivity contribution in [2.24, 2.45) is 0 Å². The highest BCUT2D eigenvalue weighted by Gasteiger charge is 2.31. The molecule has 1 aliphatic rings. The van der Waals surface area contributed by atoms with Crippen LogP contribution in [0.2, 0.25) is 0 Å². The average Bonchev–Trinajstić information content (AvgIpc) is 3.34. The van der Waals surface area contributed by atoms with Crippen molar-refractivity contribution in [1.82, 2.24) is 14.7 Å².